The lowest BCUT2D eigenvalue weighted by molar-refractivity contribution is -0.119. The minimum absolute atomic E-state index is 0.0161. The van der Waals surface area contributed by atoms with Gasteiger partial charge >= 0.3 is 0 Å². The molecule has 1 saturated carbocycles. The van der Waals surface area contributed by atoms with Crippen molar-refractivity contribution in [2.45, 2.75) is 25.7 Å². The minimum Gasteiger partial charge on any atom is -0.302 e. The fourth-order valence-corrected chi connectivity index (χ4v) is 3.73. The molecule has 112 valence electrons. The largest absolute Gasteiger partial charge is 0.302 e. The van der Waals surface area contributed by atoms with Crippen LogP contribution in [0.1, 0.15) is 25.7 Å². The normalized spacial score (nSPS) is 20.5. The number of nitrogens with one attached hydrogen (secondary N) is 1. The number of rotatable bonds is 4. The first kappa shape index (κ1) is 14.7. The van der Waals surface area contributed by atoms with E-state index in [0.717, 1.165) is 29.7 Å². The van der Waals surface area contributed by atoms with Crippen molar-refractivity contribution in [2.24, 2.45) is 11.8 Å². The van der Waals surface area contributed by atoms with Crippen LogP contribution in [0.4, 0.5) is 5.13 Å². The van der Waals surface area contributed by atoms with Gasteiger partial charge in [0.05, 0.1) is 10.9 Å². The quantitative estimate of drug-likeness (QED) is 0.925. The lowest BCUT2D eigenvalue weighted by Gasteiger charge is -2.08. The maximum absolute atomic E-state index is 12.3. The fraction of sp³-hybridized carbons (Fsp3) is 0.353. The monoisotopic (exact) mass is 311 g/mol. The van der Waals surface area contributed by atoms with Crippen LogP contribution < -0.4 is 5.32 Å². The second kappa shape index (κ2) is 6.71. The smallest absolute Gasteiger partial charge is 0.229 e. The first-order valence-electron chi connectivity index (χ1n) is 7.45. The number of carbonyl (C=O) groups excluding carboxylic acids is 1. The van der Waals surface area contributed by atoms with Crippen molar-refractivity contribution in [1.82, 2.24) is 4.98 Å². The Morgan fingerprint density at radius 3 is 2.95 bits per heavy atom. The maximum atomic E-state index is 12.3. The molecule has 0 bridgehead atoms. The standard InChI is InChI=1S/C17H17N3OS/c18-9-8-12-6-7-14(10-12)16(21)20-17-19-11-15(22-17)13-4-2-1-3-5-13/h1-5,11-12,14H,6-8,10H2,(H,19,20,21)/t12-,14+/m1/s1. The van der Waals surface area contributed by atoms with Gasteiger partial charge in [-0.2, -0.15) is 5.26 Å². The molecule has 1 heterocycles. The number of carbonyl (C=O) groups is 1. The summed E-state index contributed by atoms with van der Waals surface area (Å²) in [5.41, 5.74) is 1.11. The van der Waals surface area contributed by atoms with Crippen LogP contribution in [0.15, 0.2) is 36.5 Å². The number of nitriles is 1. The highest BCUT2D eigenvalue weighted by Crippen LogP contribution is 2.34. The summed E-state index contributed by atoms with van der Waals surface area (Å²) in [6.07, 6.45) is 5.01. The number of aromatic nitrogens is 1. The van der Waals surface area contributed by atoms with E-state index in [-0.39, 0.29) is 11.8 Å². The van der Waals surface area contributed by atoms with Gasteiger partial charge in [-0.25, -0.2) is 4.98 Å². The third-order valence-corrected chi connectivity index (χ3v) is 5.05. The summed E-state index contributed by atoms with van der Waals surface area (Å²) in [5, 5.41) is 12.3. The van der Waals surface area contributed by atoms with Gasteiger partial charge in [-0.3, -0.25) is 4.79 Å². The molecule has 2 atom stereocenters. The van der Waals surface area contributed by atoms with E-state index < -0.39 is 0 Å². The van der Waals surface area contributed by atoms with Gasteiger partial charge in [0.25, 0.3) is 0 Å². The Balaban J connectivity index is 1.61. The SMILES string of the molecule is N#CC[C@H]1CC[C@H](C(=O)Nc2ncc(-c3ccccc3)s2)C1. The van der Waals surface area contributed by atoms with Gasteiger partial charge < -0.3 is 5.32 Å². The third-order valence-electron chi connectivity index (χ3n) is 4.09. The zero-order valence-corrected chi connectivity index (χ0v) is 13.0. The van der Waals surface area contributed by atoms with E-state index in [9.17, 15) is 4.79 Å². The molecule has 0 saturated heterocycles. The van der Waals surface area contributed by atoms with E-state index in [1.54, 1.807) is 6.20 Å². The fourth-order valence-electron chi connectivity index (χ4n) is 2.90. The molecule has 0 unspecified atom stereocenters. The lowest BCUT2D eigenvalue weighted by Crippen LogP contribution is -2.20. The van der Waals surface area contributed by atoms with E-state index >= 15 is 0 Å². The average Bonchev–Trinajstić information content (AvgIpc) is 3.18. The molecule has 1 aliphatic carbocycles. The Morgan fingerprint density at radius 1 is 1.36 bits per heavy atom. The summed E-state index contributed by atoms with van der Waals surface area (Å²) in [5.74, 6) is 0.425. The highest BCUT2D eigenvalue weighted by atomic mass is 32.1. The topological polar surface area (TPSA) is 65.8 Å². The zero-order chi connectivity index (χ0) is 15.4. The Bertz CT molecular complexity index is 689. The summed E-state index contributed by atoms with van der Waals surface area (Å²) in [6, 6.07) is 12.2. The molecule has 1 fully saturated rings. The number of hydrogen-bond acceptors (Lipinski definition) is 4. The average molecular weight is 311 g/mol. The van der Waals surface area contributed by atoms with Crippen LogP contribution in [0.5, 0.6) is 0 Å². The van der Waals surface area contributed by atoms with Crippen molar-refractivity contribution < 1.29 is 4.79 Å². The molecule has 4 nitrogen and oxygen atoms in total. The molecule has 0 spiro atoms. The van der Waals surface area contributed by atoms with E-state index in [1.807, 2.05) is 30.3 Å². The molecule has 0 aliphatic heterocycles. The van der Waals surface area contributed by atoms with Gasteiger partial charge in [-0.05, 0) is 30.7 Å². The molecule has 1 aliphatic rings. The Labute approximate surface area is 133 Å². The van der Waals surface area contributed by atoms with Crippen LogP contribution >= 0.6 is 11.3 Å². The van der Waals surface area contributed by atoms with Gasteiger partial charge in [-0.1, -0.05) is 41.7 Å². The van der Waals surface area contributed by atoms with Crippen LogP contribution in [-0.4, -0.2) is 10.9 Å². The molecule has 0 radical (unpaired) electrons. The van der Waals surface area contributed by atoms with Crippen LogP contribution in [0.3, 0.4) is 0 Å². The lowest BCUT2D eigenvalue weighted by atomic mass is 10.0. The van der Waals surface area contributed by atoms with Crippen molar-refractivity contribution in [3.05, 3.63) is 36.5 Å². The van der Waals surface area contributed by atoms with Gasteiger partial charge in [0.2, 0.25) is 5.91 Å². The molecule has 1 aromatic carbocycles. The maximum Gasteiger partial charge on any atom is 0.229 e. The highest BCUT2D eigenvalue weighted by molar-refractivity contribution is 7.19. The molecule has 3 rings (SSSR count). The first-order valence-corrected chi connectivity index (χ1v) is 8.27. The summed E-state index contributed by atoms with van der Waals surface area (Å²) >= 11 is 1.49. The molecular weight excluding hydrogens is 294 g/mol. The molecule has 5 heteroatoms. The van der Waals surface area contributed by atoms with Gasteiger partial charge in [0, 0.05) is 18.5 Å². The Hall–Kier alpha value is -2.19. The van der Waals surface area contributed by atoms with E-state index in [0.29, 0.717) is 17.5 Å². The van der Waals surface area contributed by atoms with Crippen molar-refractivity contribution in [1.29, 1.82) is 5.26 Å². The number of thiazole rings is 1. The number of benzene rings is 1. The zero-order valence-electron chi connectivity index (χ0n) is 12.2. The van der Waals surface area contributed by atoms with Crippen molar-refractivity contribution in [2.75, 3.05) is 5.32 Å². The second-order valence-electron chi connectivity index (χ2n) is 5.62. The van der Waals surface area contributed by atoms with E-state index in [4.69, 9.17) is 5.26 Å². The predicted octanol–water partition coefficient (Wildman–Crippen LogP) is 4.08. The third kappa shape index (κ3) is 3.34. The Kier molecular flexibility index (Phi) is 4.50. The molecule has 22 heavy (non-hydrogen) atoms. The van der Waals surface area contributed by atoms with Gasteiger partial charge in [-0.15, -0.1) is 0 Å². The molecule has 1 amide bonds. The predicted molar refractivity (Wildman–Crippen MR) is 87.2 cm³/mol. The molecule has 1 aromatic heterocycles. The number of nitrogens with zero attached hydrogens (tertiary/aromatic N) is 2. The van der Waals surface area contributed by atoms with Crippen molar-refractivity contribution in [3.8, 4) is 16.5 Å². The Morgan fingerprint density at radius 2 is 2.18 bits per heavy atom. The summed E-state index contributed by atoms with van der Waals surface area (Å²) in [7, 11) is 0. The molecular formula is C17H17N3OS. The molecule has 1 N–H and O–H groups in total. The summed E-state index contributed by atoms with van der Waals surface area (Å²) < 4.78 is 0. The van der Waals surface area contributed by atoms with Gasteiger partial charge in [0.1, 0.15) is 0 Å². The van der Waals surface area contributed by atoms with E-state index in [2.05, 4.69) is 16.4 Å². The van der Waals surface area contributed by atoms with Crippen LogP contribution in [0, 0.1) is 23.2 Å². The second-order valence-corrected chi connectivity index (χ2v) is 6.65. The first-order chi connectivity index (χ1) is 10.8. The van der Waals surface area contributed by atoms with Crippen molar-refractivity contribution in [3.63, 3.8) is 0 Å². The summed E-state index contributed by atoms with van der Waals surface area (Å²) in [4.78, 5) is 17.6. The highest BCUT2D eigenvalue weighted by Gasteiger charge is 2.30. The minimum atomic E-state index is 0.0161. The number of hydrogen-bond donors (Lipinski definition) is 1. The van der Waals surface area contributed by atoms with Gasteiger partial charge in [0.15, 0.2) is 5.13 Å². The number of amides is 1. The molecule has 2 aromatic rings. The summed E-state index contributed by atoms with van der Waals surface area (Å²) in [6.45, 7) is 0. The van der Waals surface area contributed by atoms with E-state index in [1.165, 1.54) is 11.3 Å². The van der Waals surface area contributed by atoms with Crippen LogP contribution in [0.25, 0.3) is 10.4 Å². The van der Waals surface area contributed by atoms with Crippen LogP contribution in [0.2, 0.25) is 0 Å². The van der Waals surface area contributed by atoms with Crippen LogP contribution in [-0.2, 0) is 4.79 Å². The number of anilines is 1. The van der Waals surface area contributed by atoms with Crippen molar-refractivity contribution >= 4 is 22.4 Å².